The van der Waals surface area contributed by atoms with E-state index in [0.717, 1.165) is 18.3 Å². The third-order valence-corrected chi connectivity index (χ3v) is 6.34. The highest BCUT2D eigenvalue weighted by molar-refractivity contribution is 5.26. The minimum Gasteiger partial charge on any atom is -0.380 e. The Bertz CT molecular complexity index is 690. The first-order valence-corrected chi connectivity index (χ1v) is 11.0. The van der Waals surface area contributed by atoms with E-state index in [2.05, 4.69) is 55.1 Å². The molecule has 0 unspecified atom stereocenters. The highest BCUT2D eigenvalue weighted by atomic mass is 16.5. The van der Waals surface area contributed by atoms with Crippen LogP contribution in [0.1, 0.15) is 73.1 Å². The Morgan fingerprint density at radius 1 is 0.857 bits per heavy atom. The molecule has 0 atom stereocenters. The second-order valence-corrected chi connectivity index (χ2v) is 8.45. The molecule has 1 heteroatoms. The SMILES string of the molecule is C=CCc1ccc(CCCCC2CCC(c3ccc(COC)cc3)CC2)cc1. The van der Waals surface area contributed by atoms with Gasteiger partial charge in [0.2, 0.25) is 0 Å². The number of ether oxygens (including phenoxy) is 1. The van der Waals surface area contributed by atoms with E-state index in [-0.39, 0.29) is 0 Å². The van der Waals surface area contributed by atoms with E-state index >= 15 is 0 Å². The topological polar surface area (TPSA) is 9.23 Å². The summed E-state index contributed by atoms with van der Waals surface area (Å²) in [5.41, 5.74) is 5.64. The molecule has 1 saturated carbocycles. The van der Waals surface area contributed by atoms with Gasteiger partial charge in [0.1, 0.15) is 0 Å². The first-order valence-electron chi connectivity index (χ1n) is 11.0. The number of rotatable bonds is 10. The average Bonchev–Trinajstić information content (AvgIpc) is 2.74. The van der Waals surface area contributed by atoms with E-state index in [9.17, 15) is 0 Å². The third-order valence-electron chi connectivity index (χ3n) is 6.34. The molecule has 0 saturated heterocycles. The Kier molecular flexibility index (Phi) is 8.36. The van der Waals surface area contributed by atoms with Gasteiger partial charge in [-0.15, -0.1) is 6.58 Å². The van der Waals surface area contributed by atoms with E-state index in [1.807, 2.05) is 6.08 Å². The summed E-state index contributed by atoms with van der Waals surface area (Å²) < 4.78 is 5.21. The lowest BCUT2D eigenvalue weighted by Crippen LogP contribution is -2.13. The summed E-state index contributed by atoms with van der Waals surface area (Å²) >= 11 is 0. The number of hydrogen-bond donors (Lipinski definition) is 0. The number of hydrogen-bond acceptors (Lipinski definition) is 1. The predicted molar refractivity (Wildman–Crippen MR) is 120 cm³/mol. The molecule has 2 aromatic rings. The summed E-state index contributed by atoms with van der Waals surface area (Å²) in [6, 6.07) is 18.2. The first-order chi connectivity index (χ1) is 13.8. The molecule has 1 nitrogen and oxygen atoms in total. The van der Waals surface area contributed by atoms with E-state index < -0.39 is 0 Å². The summed E-state index contributed by atoms with van der Waals surface area (Å²) in [7, 11) is 1.76. The molecule has 0 bridgehead atoms. The van der Waals surface area contributed by atoms with E-state index in [1.165, 1.54) is 73.6 Å². The van der Waals surface area contributed by atoms with Gasteiger partial charge in [-0.05, 0) is 79.0 Å². The predicted octanol–water partition coefficient (Wildman–Crippen LogP) is 7.25. The molecule has 0 N–H and O–H groups in total. The van der Waals surface area contributed by atoms with Gasteiger partial charge < -0.3 is 4.74 Å². The molecule has 0 aliphatic heterocycles. The molecular weight excluding hydrogens is 340 g/mol. The van der Waals surface area contributed by atoms with Crippen molar-refractivity contribution < 1.29 is 4.74 Å². The number of allylic oxidation sites excluding steroid dienone is 1. The lowest BCUT2D eigenvalue weighted by atomic mass is 9.77. The van der Waals surface area contributed by atoms with Crippen LogP contribution in [0.5, 0.6) is 0 Å². The quantitative estimate of drug-likeness (QED) is 0.313. The van der Waals surface area contributed by atoms with Crippen LogP contribution in [-0.4, -0.2) is 7.11 Å². The number of aryl methyl sites for hydroxylation is 1. The summed E-state index contributed by atoms with van der Waals surface area (Å²) in [5.74, 6) is 1.71. The van der Waals surface area contributed by atoms with Crippen LogP contribution in [0.15, 0.2) is 61.2 Å². The molecule has 1 fully saturated rings. The summed E-state index contributed by atoms with van der Waals surface area (Å²) in [5, 5.41) is 0. The van der Waals surface area contributed by atoms with Crippen LogP contribution < -0.4 is 0 Å². The fraction of sp³-hybridized carbons (Fsp3) is 0.481. The van der Waals surface area contributed by atoms with Gasteiger partial charge in [0.15, 0.2) is 0 Å². The van der Waals surface area contributed by atoms with Crippen LogP contribution in [0, 0.1) is 5.92 Å². The standard InChI is InChI=1S/C27H36O/c1-3-6-22-9-11-23(12-10-22)7-4-5-8-24-13-17-26(18-14-24)27-19-15-25(16-20-27)21-28-2/h3,9-12,15-16,19-20,24,26H,1,4-8,13-14,17-18,21H2,2H3. The van der Waals surface area contributed by atoms with Gasteiger partial charge in [0, 0.05) is 7.11 Å². The van der Waals surface area contributed by atoms with Crippen molar-refractivity contribution in [3.8, 4) is 0 Å². The highest BCUT2D eigenvalue weighted by Crippen LogP contribution is 2.37. The molecular formula is C27H36O. The van der Waals surface area contributed by atoms with Gasteiger partial charge in [0.05, 0.1) is 6.61 Å². The lowest BCUT2D eigenvalue weighted by Gasteiger charge is -2.29. The Balaban J connectivity index is 1.33. The highest BCUT2D eigenvalue weighted by Gasteiger charge is 2.22. The molecule has 150 valence electrons. The van der Waals surface area contributed by atoms with Crippen molar-refractivity contribution >= 4 is 0 Å². The number of benzene rings is 2. The zero-order chi connectivity index (χ0) is 19.6. The number of unbranched alkanes of at least 4 members (excludes halogenated alkanes) is 1. The van der Waals surface area contributed by atoms with Crippen LogP contribution in [0.4, 0.5) is 0 Å². The number of methoxy groups -OCH3 is 1. The molecule has 1 aliphatic rings. The third kappa shape index (κ3) is 6.34. The lowest BCUT2D eigenvalue weighted by molar-refractivity contribution is 0.185. The zero-order valence-electron chi connectivity index (χ0n) is 17.5. The van der Waals surface area contributed by atoms with Crippen LogP contribution in [0.2, 0.25) is 0 Å². The van der Waals surface area contributed by atoms with Crippen molar-refractivity contribution in [2.75, 3.05) is 7.11 Å². The molecule has 1 aliphatic carbocycles. The van der Waals surface area contributed by atoms with Crippen LogP contribution in [0.25, 0.3) is 0 Å². The van der Waals surface area contributed by atoms with Gasteiger partial charge >= 0.3 is 0 Å². The zero-order valence-corrected chi connectivity index (χ0v) is 17.5. The minimum absolute atomic E-state index is 0.714. The molecule has 0 amide bonds. The van der Waals surface area contributed by atoms with Crippen molar-refractivity contribution in [3.05, 3.63) is 83.4 Å². The fourth-order valence-corrected chi connectivity index (χ4v) is 4.61. The van der Waals surface area contributed by atoms with E-state index in [4.69, 9.17) is 4.74 Å². The second kappa shape index (κ2) is 11.2. The molecule has 0 heterocycles. The smallest absolute Gasteiger partial charge is 0.0713 e. The Morgan fingerprint density at radius 3 is 2.14 bits per heavy atom. The maximum absolute atomic E-state index is 5.21. The fourth-order valence-electron chi connectivity index (χ4n) is 4.61. The maximum Gasteiger partial charge on any atom is 0.0713 e. The maximum atomic E-state index is 5.21. The molecule has 0 radical (unpaired) electrons. The molecule has 28 heavy (non-hydrogen) atoms. The van der Waals surface area contributed by atoms with E-state index in [1.54, 1.807) is 7.11 Å². The normalized spacial score (nSPS) is 19.5. The molecule has 2 aromatic carbocycles. The summed E-state index contributed by atoms with van der Waals surface area (Å²) in [4.78, 5) is 0. The Labute approximate surface area is 171 Å². The van der Waals surface area contributed by atoms with Crippen molar-refractivity contribution in [1.82, 2.24) is 0 Å². The largest absolute Gasteiger partial charge is 0.380 e. The van der Waals surface area contributed by atoms with Crippen molar-refractivity contribution in [2.24, 2.45) is 5.92 Å². The van der Waals surface area contributed by atoms with Gasteiger partial charge in [0.25, 0.3) is 0 Å². The van der Waals surface area contributed by atoms with Gasteiger partial charge in [-0.3, -0.25) is 0 Å². The average molecular weight is 377 g/mol. The molecule has 3 rings (SSSR count). The van der Waals surface area contributed by atoms with Gasteiger partial charge in [-0.2, -0.15) is 0 Å². The molecule has 0 aromatic heterocycles. The Hall–Kier alpha value is -1.86. The first kappa shape index (κ1) is 20.9. The molecule has 0 spiro atoms. The van der Waals surface area contributed by atoms with Crippen LogP contribution in [-0.2, 0) is 24.2 Å². The summed E-state index contributed by atoms with van der Waals surface area (Å²) in [6.45, 7) is 4.53. The second-order valence-electron chi connectivity index (χ2n) is 8.45. The van der Waals surface area contributed by atoms with Crippen molar-refractivity contribution in [3.63, 3.8) is 0 Å². The summed E-state index contributed by atoms with van der Waals surface area (Å²) in [6.07, 6.45) is 13.8. The van der Waals surface area contributed by atoms with Gasteiger partial charge in [-0.1, -0.05) is 67.4 Å². The Morgan fingerprint density at radius 2 is 1.50 bits per heavy atom. The van der Waals surface area contributed by atoms with Crippen LogP contribution >= 0.6 is 0 Å². The van der Waals surface area contributed by atoms with Crippen molar-refractivity contribution in [1.29, 1.82) is 0 Å². The van der Waals surface area contributed by atoms with Crippen LogP contribution in [0.3, 0.4) is 0 Å². The van der Waals surface area contributed by atoms with Crippen molar-refractivity contribution in [2.45, 2.75) is 70.3 Å². The monoisotopic (exact) mass is 376 g/mol. The minimum atomic E-state index is 0.714. The van der Waals surface area contributed by atoms with E-state index in [0.29, 0.717) is 6.61 Å². The van der Waals surface area contributed by atoms with Gasteiger partial charge in [-0.25, -0.2) is 0 Å².